The quantitative estimate of drug-likeness (QED) is 0.607. The molecule has 0 saturated carbocycles. The largest absolute Gasteiger partial charge is 0.487 e. The summed E-state index contributed by atoms with van der Waals surface area (Å²) in [5, 5.41) is 0. The van der Waals surface area contributed by atoms with E-state index in [1.165, 1.54) is 0 Å². The smallest absolute Gasteiger partial charge is 0 e. The van der Waals surface area contributed by atoms with Crippen LogP contribution in [0, 0.1) is 25.3 Å². The summed E-state index contributed by atoms with van der Waals surface area (Å²) in [6.07, 6.45) is 7.47. The maximum Gasteiger partial charge on any atom is 0 e. The van der Waals surface area contributed by atoms with E-state index in [1.807, 2.05) is 18.6 Å². The minimum Gasteiger partial charge on any atom is -0.487 e. The maximum absolute atomic E-state index is 3.78. The van der Waals surface area contributed by atoms with Gasteiger partial charge in [-0.15, -0.1) is 0 Å². The molecule has 0 bridgehead atoms. The molecule has 13 heavy (non-hydrogen) atoms. The van der Waals surface area contributed by atoms with Crippen molar-refractivity contribution in [3.8, 4) is 0 Å². The van der Waals surface area contributed by atoms with E-state index in [4.69, 9.17) is 0 Å². The fraction of sp³-hybridized carbons (Fsp3) is 0.400. The summed E-state index contributed by atoms with van der Waals surface area (Å²) in [7, 11) is 0. The summed E-state index contributed by atoms with van der Waals surface area (Å²) in [5.74, 6) is 0. The molecule has 1 aliphatic rings. The van der Waals surface area contributed by atoms with Crippen LogP contribution in [-0.4, -0.2) is 6.21 Å². The van der Waals surface area contributed by atoms with Gasteiger partial charge in [-0.1, -0.05) is 20.8 Å². The van der Waals surface area contributed by atoms with E-state index >= 15 is 0 Å². The molecule has 1 rings (SSSR count). The number of hydrogen-bond acceptors (Lipinski definition) is 1. The predicted molar refractivity (Wildman–Crippen MR) is 51.0 cm³/mol. The van der Waals surface area contributed by atoms with Gasteiger partial charge >= 0.3 is 0 Å². The summed E-state index contributed by atoms with van der Waals surface area (Å²) in [4.78, 5) is 3.78. The summed E-state index contributed by atoms with van der Waals surface area (Å²) in [5.41, 5.74) is 0.250. The molecule has 0 saturated heterocycles. The van der Waals surface area contributed by atoms with Crippen LogP contribution >= 0.6 is 0 Å². The number of aliphatic imine (C=N–C) groups is 1. The van der Waals surface area contributed by atoms with Crippen molar-refractivity contribution in [3.05, 3.63) is 32.0 Å². The predicted octanol–water partition coefficient (Wildman–Crippen LogP) is 2.85. The van der Waals surface area contributed by atoms with Crippen LogP contribution in [0.3, 0.4) is 0 Å². The van der Waals surface area contributed by atoms with Gasteiger partial charge in [0.15, 0.2) is 0 Å². The first-order valence-corrected chi connectivity index (χ1v) is 3.70. The Balaban J connectivity index is -0.000000136. The number of dihydropyridines is 1. The van der Waals surface area contributed by atoms with Crippen molar-refractivity contribution in [3.63, 3.8) is 0 Å². The Labute approximate surface area is 133 Å². The molecule has 0 fully saturated rings. The number of nitrogens with zero attached hydrogens (tertiary/aromatic N) is 1. The first-order valence-electron chi connectivity index (χ1n) is 3.70. The monoisotopic (exact) mass is 328 g/mol. The molecule has 0 aromatic heterocycles. The Hall–Kier alpha value is 1.36. The molecule has 3 heteroatoms. The van der Waals surface area contributed by atoms with E-state index in [1.54, 1.807) is 12.8 Å². The Kier molecular flexibility index (Phi) is 17.5. The molecule has 0 aromatic carbocycles. The molecular formula is C10H16NY2-3. The van der Waals surface area contributed by atoms with E-state index in [0.29, 0.717) is 0 Å². The third kappa shape index (κ3) is 31.8. The Morgan fingerprint density at radius 1 is 1.23 bits per heavy atom. The molecular weight excluding hydrogens is 312 g/mol. The zero-order valence-electron chi connectivity index (χ0n) is 8.70. The molecule has 0 N–H and O–H groups in total. The van der Waals surface area contributed by atoms with Crippen molar-refractivity contribution in [2.24, 2.45) is 10.4 Å². The third-order valence-corrected chi connectivity index (χ3v) is 0.566. The zero-order valence-corrected chi connectivity index (χ0v) is 14.4. The SMILES string of the molecule is C1=C[CH-][CH-]N=C1.[CH2-]C(C)(C)C.[Y].[Y]. The van der Waals surface area contributed by atoms with Gasteiger partial charge in [0.05, 0.1) is 0 Å². The van der Waals surface area contributed by atoms with Crippen molar-refractivity contribution in [1.29, 1.82) is 0 Å². The van der Waals surface area contributed by atoms with E-state index < -0.39 is 0 Å². The summed E-state index contributed by atoms with van der Waals surface area (Å²) in [6.45, 7) is 11.8. The van der Waals surface area contributed by atoms with E-state index in [2.05, 4.69) is 32.7 Å². The first kappa shape index (κ1) is 19.9. The normalized spacial score (nSPS) is 12.0. The van der Waals surface area contributed by atoms with Crippen LogP contribution in [0.4, 0.5) is 0 Å². The van der Waals surface area contributed by atoms with Crippen LogP contribution in [-0.2, 0) is 65.4 Å². The van der Waals surface area contributed by atoms with Crippen LogP contribution < -0.4 is 0 Å². The van der Waals surface area contributed by atoms with Gasteiger partial charge in [0.1, 0.15) is 0 Å². The Morgan fingerprint density at radius 2 is 1.69 bits per heavy atom. The van der Waals surface area contributed by atoms with E-state index in [-0.39, 0.29) is 70.8 Å². The third-order valence-electron chi connectivity index (χ3n) is 0.566. The van der Waals surface area contributed by atoms with Gasteiger partial charge < -0.3 is 11.9 Å². The van der Waals surface area contributed by atoms with Crippen LogP contribution in [0.5, 0.6) is 0 Å². The molecule has 0 aliphatic carbocycles. The van der Waals surface area contributed by atoms with E-state index in [0.717, 1.165) is 0 Å². The Morgan fingerprint density at radius 3 is 1.77 bits per heavy atom. The van der Waals surface area contributed by atoms with Crippen molar-refractivity contribution < 1.29 is 65.4 Å². The molecule has 1 heterocycles. The second-order valence-electron chi connectivity index (χ2n) is 3.59. The number of hydrogen-bond donors (Lipinski definition) is 0. The molecule has 1 nitrogen and oxygen atoms in total. The average molecular weight is 328 g/mol. The summed E-state index contributed by atoms with van der Waals surface area (Å²) < 4.78 is 0. The van der Waals surface area contributed by atoms with Gasteiger partial charge in [-0.25, -0.2) is 12.8 Å². The first-order chi connectivity index (χ1) is 5.00. The van der Waals surface area contributed by atoms with Gasteiger partial charge in [0, 0.05) is 65.4 Å². The molecule has 2 radical (unpaired) electrons. The second kappa shape index (κ2) is 11.4. The van der Waals surface area contributed by atoms with Gasteiger partial charge in [-0.05, 0) is 0 Å². The zero-order chi connectivity index (χ0) is 8.74. The minimum atomic E-state index is 0. The molecule has 70 valence electrons. The van der Waals surface area contributed by atoms with Crippen molar-refractivity contribution in [1.82, 2.24) is 0 Å². The Bertz CT molecular complexity index is 127. The maximum atomic E-state index is 3.78. The van der Waals surface area contributed by atoms with Crippen LogP contribution in [0.2, 0.25) is 0 Å². The molecule has 0 spiro atoms. The molecule has 0 unspecified atom stereocenters. The topological polar surface area (TPSA) is 12.4 Å². The summed E-state index contributed by atoms with van der Waals surface area (Å²) >= 11 is 0. The average Bonchev–Trinajstić information content (AvgIpc) is 1.88. The van der Waals surface area contributed by atoms with Gasteiger partial charge in [-0.2, -0.15) is 5.41 Å². The summed E-state index contributed by atoms with van der Waals surface area (Å²) in [6, 6.07) is 0. The second-order valence-corrected chi connectivity index (χ2v) is 3.59. The number of allylic oxidation sites excluding steroid dienone is 1. The van der Waals surface area contributed by atoms with Crippen LogP contribution in [0.25, 0.3) is 0 Å². The van der Waals surface area contributed by atoms with E-state index in [9.17, 15) is 0 Å². The van der Waals surface area contributed by atoms with Crippen LogP contribution in [0.15, 0.2) is 17.1 Å². The van der Waals surface area contributed by atoms with Crippen LogP contribution in [0.1, 0.15) is 20.8 Å². The molecule has 0 aromatic rings. The van der Waals surface area contributed by atoms with Crippen molar-refractivity contribution >= 4 is 6.21 Å². The molecule has 1 aliphatic heterocycles. The molecule has 0 amide bonds. The fourth-order valence-electron chi connectivity index (χ4n) is 0.313. The fourth-order valence-corrected chi connectivity index (χ4v) is 0.313. The minimum absolute atomic E-state index is 0. The van der Waals surface area contributed by atoms with Gasteiger partial charge in [0.2, 0.25) is 0 Å². The van der Waals surface area contributed by atoms with Gasteiger partial charge in [-0.3, -0.25) is 18.6 Å². The van der Waals surface area contributed by atoms with Crippen molar-refractivity contribution in [2.75, 3.05) is 0 Å². The van der Waals surface area contributed by atoms with Gasteiger partial charge in [0.25, 0.3) is 0 Å². The van der Waals surface area contributed by atoms with Crippen molar-refractivity contribution in [2.45, 2.75) is 20.8 Å². The standard InChI is InChI=1S/C5H5N.C5H11.2Y/c1-2-4-6-5-3-1;1-5(2,3)4;;/h1-5H;1H2,2-4H3;;/q-2;-1;;. The molecule has 0 atom stereocenters. The number of rotatable bonds is 0.